The van der Waals surface area contributed by atoms with Crippen LogP contribution in [0.15, 0.2) is 24.3 Å². The smallest absolute Gasteiger partial charge is 0.232 e. The molecule has 1 aliphatic heterocycles. The van der Waals surface area contributed by atoms with Gasteiger partial charge in [0, 0.05) is 24.7 Å². The van der Waals surface area contributed by atoms with Crippen LogP contribution in [0.4, 0.5) is 4.39 Å². The number of carbonyl (C=O) groups is 1. The Kier molecular flexibility index (Phi) is 5.54. The van der Waals surface area contributed by atoms with Gasteiger partial charge in [0.1, 0.15) is 5.82 Å². The van der Waals surface area contributed by atoms with Crippen LogP contribution < -0.4 is 5.73 Å². The third-order valence-electron chi connectivity index (χ3n) is 3.91. The summed E-state index contributed by atoms with van der Waals surface area (Å²) in [5.41, 5.74) is 5.46. The molecule has 1 amide bonds. The zero-order valence-corrected chi connectivity index (χ0v) is 12.8. The minimum atomic E-state index is -0.840. The summed E-state index contributed by atoms with van der Waals surface area (Å²) in [5.74, 6) is -0.348. The molecular weight excluding hydrogens is 279 g/mol. The Morgan fingerprint density at radius 3 is 2.40 bits per heavy atom. The predicted molar refractivity (Wildman–Crippen MR) is 80.5 cm³/mol. The third-order valence-corrected chi connectivity index (χ3v) is 3.91. The first-order valence-corrected chi connectivity index (χ1v) is 6.73. The summed E-state index contributed by atoms with van der Waals surface area (Å²) >= 11 is 0. The summed E-state index contributed by atoms with van der Waals surface area (Å²) in [4.78, 5) is 14.4. The number of nitrogens with zero attached hydrogens (tertiary/aromatic N) is 1. The number of halogens is 2. The molecule has 1 aromatic rings. The molecule has 5 heteroatoms. The van der Waals surface area contributed by atoms with Gasteiger partial charge in [-0.05, 0) is 32.8 Å². The highest BCUT2D eigenvalue weighted by Crippen LogP contribution is 2.29. The molecule has 1 saturated heterocycles. The number of likely N-dealkylation sites (tertiary alicyclic amines) is 1. The molecule has 112 valence electrons. The standard InChI is InChI=1S/C15H21FN2O.ClH/c1-15(2,12-5-3-4-6-13(12)16)14(19)18-9-7-11(17)8-10-18;/h3-6,11H,7-10,17H2,1-2H3;1H. The van der Waals surface area contributed by atoms with Gasteiger partial charge >= 0.3 is 0 Å². The van der Waals surface area contributed by atoms with E-state index < -0.39 is 5.41 Å². The fourth-order valence-corrected chi connectivity index (χ4v) is 2.58. The maximum atomic E-state index is 13.9. The zero-order valence-electron chi connectivity index (χ0n) is 11.9. The van der Waals surface area contributed by atoms with Crippen LogP contribution >= 0.6 is 12.4 Å². The fraction of sp³-hybridized carbons (Fsp3) is 0.533. The molecule has 20 heavy (non-hydrogen) atoms. The summed E-state index contributed by atoms with van der Waals surface area (Å²) in [5, 5.41) is 0. The molecule has 0 unspecified atom stereocenters. The maximum absolute atomic E-state index is 13.9. The fourth-order valence-electron chi connectivity index (χ4n) is 2.58. The van der Waals surface area contributed by atoms with Crippen molar-refractivity contribution in [1.29, 1.82) is 0 Å². The summed E-state index contributed by atoms with van der Waals surface area (Å²) in [7, 11) is 0. The van der Waals surface area contributed by atoms with Gasteiger partial charge in [-0.15, -0.1) is 12.4 Å². The van der Waals surface area contributed by atoms with E-state index in [1.165, 1.54) is 6.07 Å². The Labute approximate surface area is 125 Å². The molecule has 1 fully saturated rings. The van der Waals surface area contributed by atoms with Crippen LogP contribution in [0.3, 0.4) is 0 Å². The van der Waals surface area contributed by atoms with Crippen LogP contribution in [0.1, 0.15) is 32.3 Å². The van der Waals surface area contributed by atoms with Gasteiger partial charge in [-0.25, -0.2) is 4.39 Å². The van der Waals surface area contributed by atoms with Crippen molar-refractivity contribution in [2.75, 3.05) is 13.1 Å². The van der Waals surface area contributed by atoms with E-state index in [2.05, 4.69) is 0 Å². The van der Waals surface area contributed by atoms with Crippen molar-refractivity contribution in [3.8, 4) is 0 Å². The largest absolute Gasteiger partial charge is 0.342 e. The van der Waals surface area contributed by atoms with E-state index in [9.17, 15) is 9.18 Å². The van der Waals surface area contributed by atoms with Crippen LogP contribution in [0.25, 0.3) is 0 Å². The second-order valence-electron chi connectivity index (χ2n) is 5.73. The van der Waals surface area contributed by atoms with E-state index in [1.54, 1.807) is 36.9 Å². The average molecular weight is 301 g/mol. The van der Waals surface area contributed by atoms with E-state index >= 15 is 0 Å². The van der Waals surface area contributed by atoms with Gasteiger partial charge in [0.25, 0.3) is 0 Å². The molecule has 0 radical (unpaired) electrons. The SMILES string of the molecule is CC(C)(C(=O)N1CCC(N)CC1)c1ccccc1F.Cl. The van der Waals surface area contributed by atoms with Crippen LogP contribution in [-0.2, 0) is 10.2 Å². The molecule has 1 aliphatic rings. The first kappa shape index (κ1) is 16.9. The van der Waals surface area contributed by atoms with Gasteiger partial charge in [0.15, 0.2) is 0 Å². The van der Waals surface area contributed by atoms with Gasteiger partial charge in [-0.1, -0.05) is 18.2 Å². The topological polar surface area (TPSA) is 46.3 Å². The van der Waals surface area contributed by atoms with Gasteiger partial charge < -0.3 is 10.6 Å². The van der Waals surface area contributed by atoms with Crippen molar-refractivity contribution in [2.45, 2.75) is 38.1 Å². The lowest BCUT2D eigenvalue weighted by Crippen LogP contribution is -2.49. The number of benzene rings is 1. The van der Waals surface area contributed by atoms with Crippen LogP contribution in [0, 0.1) is 5.82 Å². The molecule has 0 bridgehead atoms. The Hall–Kier alpha value is -1.13. The van der Waals surface area contributed by atoms with Crippen molar-refractivity contribution < 1.29 is 9.18 Å². The quantitative estimate of drug-likeness (QED) is 0.912. The number of hydrogen-bond acceptors (Lipinski definition) is 2. The number of rotatable bonds is 2. The number of nitrogens with two attached hydrogens (primary N) is 1. The van der Waals surface area contributed by atoms with Crippen molar-refractivity contribution in [3.63, 3.8) is 0 Å². The first-order valence-electron chi connectivity index (χ1n) is 6.73. The van der Waals surface area contributed by atoms with E-state index in [1.807, 2.05) is 0 Å². The summed E-state index contributed by atoms with van der Waals surface area (Å²) in [6.45, 7) is 4.89. The molecule has 0 spiro atoms. The van der Waals surface area contributed by atoms with Crippen LogP contribution in [0.5, 0.6) is 0 Å². The summed E-state index contributed by atoms with van der Waals surface area (Å²) in [6, 6.07) is 6.67. The van der Waals surface area contributed by atoms with E-state index in [0.29, 0.717) is 18.7 Å². The second-order valence-corrected chi connectivity index (χ2v) is 5.73. The van der Waals surface area contributed by atoms with Crippen molar-refractivity contribution >= 4 is 18.3 Å². The monoisotopic (exact) mass is 300 g/mol. The normalized spacial score (nSPS) is 16.7. The summed E-state index contributed by atoms with van der Waals surface area (Å²) < 4.78 is 13.9. The van der Waals surface area contributed by atoms with Gasteiger partial charge in [-0.3, -0.25) is 4.79 Å². The number of amides is 1. The van der Waals surface area contributed by atoms with E-state index in [0.717, 1.165) is 12.8 Å². The Balaban J connectivity index is 0.00000200. The second kappa shape index (κ2) is 6.55. The number of piperidine rings is 1. The minimum absolute atomic E-state index is 0. The Morgan fingerprint density at radius 1 is 1.30 bits per heavy atom. The minimum Gasteiger partial charge on any atom is -0.342 e. The molecule has 2 N–H and O–H groups in total. The molecule has 0 atom stereocenters. The molecule has 3 nitrogen and oxygen atoms in total. The third kappa shape index (κ3) is 3.30. The highest BCUT2D eigenvalue weighted by Gasteiger charge is 2.36. The zero-order chi connectivity index (χ0) is 14.0. The van der Waals surface area contributed by atoms with Gasteiger partial charge in [-0.2, -0.15) is 0 Å². The predicted octanol–water partition coefficient (Wildman–Crippen LogP) is 2.47. The van der Waals surface area contributed by atoms with Crippen molar-refractivity contribution in [3.05, 3.63) is 35.6 Å². The number of hydrogen-bond donors (Lipinski definition) is 1. The number of carbonyl (C=O) groups excluding carboxylic acids is 1. The van der Waals surface area contributed by atoms with Crippen LogP contribution in [-0.4, -0.2) is 29.9 Å². The van der Waals surface area contributed by atoms with Crippen molar-refractivity contribution in [1.82, 2.24) is 4.90 Å². The molecule has 0 aromatic heterocycles. The molecule has 1 aromatic carbocycles. The maximum Gasteiger partial charge on any atom is 0.232 e. The van der Waals surface area contributed by atoms with E-state index in [4.69, 9.17) is 5.73 Å². The lowest BCUT2D eigenvalue weighted by molar-refractivity contribution is -0.137. The van der Waals surface area contributed by atoms with E-state index in [-0.39, 0.29) is 30.2 Å². The van der Waals surface area contributed by atoms with Crippen molar-refractivity contribution in [2.24, 2.45) is 5.73 Å². The summed E-state index contributed by atoms with van der Waals surface area (Å²) in [6.07, 6.45) is 1.64. The van der Waals surface area contributed by atoms with Crippen LogP contribution in [0.2, 0.25) is 0 Å². The van der Waals surface area contributed by atoms with Gasteiger partial charge in [0.05, 0.1) is 5.41 Å². The lowest BCUT2D eigenvalue weighted by Gasteiger charge is -2.36. The first-order chi connectivity index (χ1) is 8.93. The average Bonchev–Trinajstić information content (AvgIpc) is 2.39. The molecule has 0 aliphatic carbocycles. The highest BCUT2D eigenvalue weighted by molar-refractivity contribution is 5.87. The molecule has 0 saturated carbocycles. The lowest BCUT2D eigenvalue weighted by atomic mass is 9.82. The Morgan fingerprint density at radius 2 is 1.85 bits per heavy atom. The molecule has 1 heterocycles. The Bertz CT molecular complexity index is 471. The van der Waals surface area contributed by atoms with Gasteiger partial charge in [0.2, 0.25) is 5.91 Å². The molecule has 2 rings (SSSR count). The molecular formula is C15H22ClFN2O. The highest BCUT2D eigenvalue weighted by atomic mass is 35.5.